The smallest absolute Gasteiger partial charge is 0.413 e. The van der Waals surface area contributed by atoms with E-state index >= 15 is 0 Å². The minimum absolute atomic E-state index is 0.277. The number of para-hydroxylation sites is 1. The summed E-state index contributed by atoms with van der Waals surface area (Å²) < 4.78 is 6.60. The number of carbonyl (C=O) groups excluding carboxylic acids is 3. The number of hydrogen-bond acceptors (Lipinski definition) is 5. The maximum Gasteiger partial charge on any atom is 0.413 e. The molecule has 0 aliphatic heterocycles. The third kappa shape index (κ3) is 4.63. The fourth-order valence-electron chi connectivity index (χ4n) is 3.19. The van der Waals surface area contributed by atoms with Crippen LogP contribution in [0, 0.1) is 13.8 Å². The SMILES string of the molecule is CCOC(=O)N(C)c1ccc(NC(=O)C(=O)c2c(C)nn(-c3ccccc3)c2C)cc1. The molecular weight excluding hydrogens is 396 g/mol. The van der Waals surface area contributed by atoms with Crippen LogP contribution in [-0.4, -0.2) is 41.2 Å². The van der Waals surface area contributed by atoms with Gasteiger partial charge >= 0.3 is 6.09 Å². The van der Waals surface area contributed by atoms with Crippen LogP contribution in [0.5, 0.6) is 0 Å². The second kappa shape index (κ2) is 9.25. The Hall–Kier alpha value is -3.94. The fraction of sp³-hybridized carbons (Fsp3) is 0.217. The minimum Gasteiger partial charge on any atom is -0.449 e. The zero-order chi connectivity index (χ0) is 22.5. The molecule has 1 N–H and O–H groups in total. The molecule has 0 unspecified atom stereocenters. The molecule has 0 aliphatic rings. The van der Waals surface area contributed by atoms with E-state index in [1.165, 1.54) is 4.90 Å². The number of aromatic nitrogens is 2. The van der Waals surface area contributed by atoms with Crippen LogP contribution in [0.3, 0.4) is 0 Å². The molecule has 3 rings (SSSR count). The Morgan fingerprint density at radius 1 is 1.03 bits per heavy atom. The monoisotopic (exact) mass is 420 g/mol. The molecule has 1 aromatic heterocycles. The lowest BCUT2D eigenvalue weighted by atomic mass is 10.1. The van der Waals surface area contributed by atoms with E-state index in [0.29, 0.717) is 22.8 Å². The van der Waals surface area contributed by atoms with E-state index in [2.05, 4.69) is 10.4 Å². The number of amides is 2. The summed E-state index contributed by atoms with van der Waals surface area (Å²) in [6, 6.07) is 15.9. The highest BCUT2D eigenvalue weighted by Crippen LogP contribution is 2.21. The first kappa shape index (κ1) is 21.8. The van der Waals surface area contributed by atoms with Crippen molar-refractivity contribution in [3.8, 4) is 5.69 Å². The van der Waals surface area contributed by atoms with Crippen LogP contribution in [0.4, 0.5) is 16.2 Å². The van der Waals surface area contributed by atoms with E-state index in [-0.39, 0.29) is 12.2 Å². The number of nitrogens with zero attached hydrogens (tertiary/aromatic N) is 3. The number of anilines is 2. The third-order valence-corrected chi connectivity index (χ3v) is 4.78. The average molecular weight is 420 g/mol. The molecule has 8 heteroatoms. The summed E-state index contributed by atoms with van der Waals surface area (Å²) in [7, 11) is 1.59. The summed E-state index contributed by atoms with van der Waals surface area (Å²) in [6.45, 7) is 5.47. The van der Waals surface area contributed by atoms with Crippen molar-refractivity contribution in [3.05, 3.63) is 71.5 Å². The quantitative estimate of drug-likeness (QED) is 0.482. The summed E-state index contributed by atoms with van der Waals surface area (Å²) in [6.07, 6.45) is -0.476. The van der Waals surface area contributed by atoms with Gasteiger partial charge in [0.15, 0.2) is 0 Å². The second-order valence-corrected chi connectivity index (χ2v) is 6.88. The number of ether oxygens (including phenoxy) is 1. The average Bonchev–Trinajstić information content (AvgIpc) is 3.07. The molecule has 0 bridgehead atoms. The van der Waals surface area contributed by atoms with Crippen LogP contribution in [0.2, 0.25) is 0 Å². The number of benzene rings is 2. The topological polar surface area (TPSA) is 93.5 Å². The van der Waals surface area contributed by atoms with Gasteiger partial charge in [-0.1, -0.05) is 18.2 Å². The Morgan fingerprint density at radius 3 is 2.29 bits per heavy atom. The predicted molar refractivity (Wildman–Crippen MR) is 118 cm³/mol. The number of ketones is 1. The number of hydrogen-bond donors (Lipinski definition) is 1. The summed E-state index contributed by atoms with van der Waals surface area (Å²) in [5.41, 5.74) is 3.19. The van der Waals surface area contributed by atoms with Crippen molar-refractivity contribution in [2.24, 2.45) is 0 Å². The number of rotatable bonds is 6. The van der Waals surface area contributed by atoms with Crippen molar-refractivity contribution in [1.82, 2.24) is 9.78 Å². The molecule has 2 aromatic carbocycles. The van der Waals surface area contributed by atoms with Gasteiger partial charge in [-0.15, -0.1) is 0 Å². The lowest BCUT2D eigenvalue weighted by Gasteiger charge is -2.16. The van der Waals surface area contributed by atoms with Gasteiger partial charge in [0, 0.05) is 18.4 Å². The normalized spacial score (nSPS) is 10.5. The first-order valence-electron chi connectivity index (χ1n) is 9.81. The van der Waals surface area contributed by atoms with E-state index in [1.54, 1.807) is 56.8 Å². The highest BCUT2D eigenvalue weighted by molar-refractivity contribution is 6.47. The first-order valence-corrected chi connectivity index (χ1v) is 9.81. The molecule has 0 aliphatic carbocycles. The third-order valence-electron chi connectivity index (χ3n) is 4.78. The molecule has 160 valence electrons. The van der Waals surface area contributed by atoms with Crippen molar-refractivity contribution in [2.75, 3.05) is 23.9 Å². The van der Waals surface area contributed by atoms with E-state index in [4.69, 9.17) is 4.74 Å². The number of Topliss-reactive ketones (excluding diaryl/α,β-unsaturated/α-hetero) is 1. The van der Waals surface area contributed by atoms with Crippen LogP contribution in [0.1, 0.15) is 28.7 Å². The molecule has 0 atom stereocenters. The summed E-state index contributed by atoms with van der Waals surface area (Å²) >= 11 is 0. The Bertz CT molecular complexity index is 1100. The highest BCUT2D eigenvalue weighted by Gasteiger charge is 2.25. The molecule has 0 saturated carbocycles. The molecule has 8 nitrogen and oxygen atoms in total. The van der Waals surface area contributed by atoms with Gasteiger partial charge < -0.3 is 10.1 Å². The van der Waals surface area contributed by atoms with Crippen LogP contribution in [0.15, 0.2) is 54.6 Å². The van der Waals surface area contributed by atoms with Gasteiger partial charge in [-0.2, -0.15) is 5.10 Å². The standard InChI is InChI=1S/C23H24N4O4/c1-5-31-23(30)26(4)18-13-11-17(12-14-18)24-22(29)21(28)20-15(2)25-27(16(20)3)19-9-7-6-8-10-19/h6-14H,5H2,1-4H3,(H,24,29). The van der Waals surface area contributed by atoms with Crippen LogP contribution >= 0.6 is 0 Å². The first-order chi connectivity index (χ1) is 14.8. The van der Waals surface area contributed by atoms with Crippen molar-refractivity contribution in [1.29, 1.82) is 0 Å². The molecule has 0 spiro atoms. The maximum absolute atomic E-state index is 12.8. The molecule has 1 heterocycles. The molecule has 2 amide bonds. The van der Waals surface area contributed by atoms with E-state index in [0.717, 1.165) is 5.69 Å². The zero-order valence-corrected chi connectivity index (χ0v) is 17.9. The molecular formula is C23H24N4O4. The van der Waals surface area contributed by atoms with Gasteiger partial charge in [-0.05, 0) is 57.2 Å². The lowest BCUT2D eigenvalue weighted by molar-refractivity contribution is -0.112. The van der Waals surface area contributed by atoms with E-state index < -0.39 is 17.8 Å². The summed E-state index contributed by atoms with van der Waals surface area (Å²) in [5.74, 6) is -1.42. The second-order valence-electron chi connectivity index (χ2n) is 6.88. The van der Waals surface area contributed by atoms with Crippen LogP contribution < -0.4 is 10.2 Å². The van der Waals surface area contributed by atoms with Crippen LogP contribution in [0.25, 0.3) is 5.69 Å². The highest BCUT2D eigenvalue weighted by atomic mass is 16.6. The number of aryl methyl sites for hydroxylation is 1. The molecule has 0 saturated heterocycles. The molecule has 3 aromatic rings. The molecule has 0 radical (unpaired) electrons. The Labute approximate surface area is 180 Å². The van der Waals surface area contributed by atoms with E-state index in [1.807, 2.05) is 30.3 Å². The molecule has 31 heavy (non-hydrogen) atoms. The zero-order valence-electron chi connectivity index (χ0n) is 17.9. The minimum atomic E-state index is -0.759. The van der Waals surface area contributed by atoms with E-state index in [9.17, 15) is 14.4 Å². The van der Waals surface area contributed by atoms with Gasteiger partial charge in [0.1, 0.15) is 0 Å². The van der Waals surface area contributed by atoms with Crippen molar-refractivity contribution < 1.29 is 19.1 Å². The maximum atomic E-state index is 12.8. The van der Waals surface area contributed by atoms with Gasteiger partial charge in [0.25, 0.3) is 11.7 Å². The Balaban J connectivity index is 1.75. The largest absolute Gasteiger partial charge is 0.449 e. The van der Waals surface area contributed by atoms with Gasteiger partial charge in [0.05, 0.1) is 29.2 Å². The lowest BCUT2D eigenvalue weighted by Crippen LogP contribution is -2.27. The Morgan fingerprint density at radius 2 is 1.68 bits per heavy atom. The summed E-state index contributed by atoms with van der Waals surface area (Å²) in [5, 5.41) is 7.02. The van der Waals surface area contributed by atoms with Crippen LogP contribution in [-0.2, 0) is 9.53 Å². The van der Waals surface area contributed by atoms with Crippen molar-refractivity contribution in [3.63, 3.8) is 0 Å². The van der Waals surface area contributed by atoms with Crippen molar-refractivity contribution >= 4 is 29.2 Å². The fourth-order valence-corrected chi connectivity index (χ4v) is 3.19. The van der Waals surface area contributed by atoms with Gasteiger partial charge in [0.2, 0.25) is 0 Å². The number of nitrogens with one attached hydrogen (secondary N) is 1. The Kier molecular flexibility index (Phi) is 6.49. The predicted octanol–water partition coefficient (Wildman–Crippen LogP) is 3.90. The van der Waals surface area contributed by atoms with Gasteiger partial charge in [-0.3, -0.25) is 14.5 Å². The van der Waals surface area contributed by atoms with Gasteiger partial charge in [-0.25, -0.2) is 9.48 Å². The summed E-state index contributed by atoms with van der Waals surface area (Å²) in [4.78, 5) is 38.6. The number of carbonyl (C=O) groups is 3. The molecule has 0 fully saturated rings. The van der Waals surface area contributed by atoms with Crippen molar-refractivity contribution in [2.45, 2.75) is 20.8 Å².